The molecule has 0 spiro atoms. The summed E-state index contributed by atoms with van der Waals surface area (Å²) in [7, 11) is 0. The van der Waals surface area contributed by atoms with Gasteiger partial charge in [-0.3, -0.25) is 4.79 Å². The molecule has 0 radical (unpaired) electrons. The maximum Gasteiger partial charge on any atom is 0.248 e. The number of aromatic hydroxyl groups is 1. The highest BCUT2D eigenvalue weighted by Gasteiger charge is 2.10. The standard InChI is InChI=1S/C28H34N2O6/c29-28(34)24-6-2-5-22(14-24)19-36-12-11-35-18-21-4-1-3-20(13-21)9-10-30-16-27(33)23-7-8-26(32)25(15-23)17-31/h1-8,13-15,27,30-33H,9-12,16-19H2,(H2,29,34)/t27-/m1/s1. The maximum atomic E-state index is 11.2. The summed E-state index contributed by atoms with van der Waals surface area (Å²) in [5.74, 6) is -0.438. The van der Waals surface area contributed by atoms with E-state index in [9.17, 15) is 20.1 Å². The molecule has 36 heavy (non-hydrogen) atoms. The van der Waals surface area contributed by atoms with Gasteiger partial charge in [-0.05, 0) is 59.5 Å². The van der Waals surface area contributed by atoms with Gasteiger partial charge in [0, 0.05) is 17.7 Å². The van der Waals surface area contributed by atoms with Crippen LogP contribution < -0.4 is 11.1 Å². The van der Waals surface area contributed by atoms with Crippen molar-refractivity contribution < 1.29 is 29.6 Å². The topological polar surface area (TPSA) is 134 Å². The molecule has 3 aromatic rings. The molecule has 0 aromatic heterocycles. The average molecular weight is 495 g/mol. The first-order valence-corrected chi connectivity index (χ1v) is 11.9. The van der Waals surface area contributed by atoms with Gasteiger partial charge in [0.1, 0.15) is 5.75 Å². The van der Waals surface area contributed by atoms with Crippen molar-refractivity contribution in [1.82, 2.24) is 5.32 Å². The van der Waals surface area contributed by atoms with Gasteiger partial charge in [-0.15, -0.1) is 0 Å². The lowest BCUT2D eigenvalue weighted by Crippen LogP contribution is -2.23. The molecule has 0 unspecified atom stereocenters. The normalized spacial score (nSPS) is 11.9. The molecule has 8 heteroatoms. The molecule has 0 heterocycles. The van der Waals surface area contributed by atoms with Crippen molar-refractivity contribution in [3.05, 3.63) is 100 Å². The van der Waals surface area contributed by atoms with E-state index < -0.39 is 12.0 Å². The SMILES string of the molecule is NC(=O)c1cccc(COCCOCc2cccc(CCNC[C@@H](O)c3ccc(O)c(CO)c3)c2)c1. The highest BCUT2D eigenvalue weighted by Crippen LogP contribution is 2.22. The highest BCUT2D eigenvalue weighted by molar-refractivity contribution is 5.92. The second-order valence-corrected chi connectivity index (χ2v) is 8.51. The van der Waals surface area contributed by atoms with Gasteiger partial charge in [-0.25, -0.2) is 0 Å². The van der Waals surface area contributed by atoms with Crippen molar-refractivity contribution in [1.29, 1.82) is 0 Å². The molecule has 0 saturated carbocycles. The summed E-state index contributed by atoms with van der Waals surface area (Å²) in [5, 5.41) is 32.5. The molecule has 0 aliphatic rings. The summed E-state index contributed by atoms with van der Waals surface area (Å²) in [6.07, 6.45) is 0.0656. The maximum absolute atomic E-state index is 11.2. The quantitative estimate of drug-likeness (QED) is 0.205. The fraction of sp³-hybridized carbons (Fsp3) is 0.321. The molecule has 3 aromatic carbocycles. The number of amides is 1. The van der Waals surface area contributed by atoms with E-state index in [1.54, 1.807) is 30.3 Å². The van der Waals surface area contributed by atoms with Gasteiger partial charge in [-0.1, -0.05) is 42.5 Å². The summed E-state index contributed by atoms with van der Waals surface area (Å²) in [4.78, 5) is 11.2. The molecule has 1 amide bonds. The number of hydrogen-bond acceptors (Lipinski definition) is 7. The van der Waals surface area contributed by atoms with Crippen molar-refractivity contribution in [3.63, 3.8) is 0 Å². The number of primary amides is 1. The van der Waals surface area contributed by atoms with E-state index in [0.717, 1.165) is 23.1 Å². The van der Waals surface area contributed by atoms with Crippen LogP contribution in [-0.2, 0) is 35.7 Å². The molecule has 8 nitrogen and oxygen atoms in total. The van der Waals surface area contributed by atoms with Crippen molar-refractivity contribution in [2.24, 2.45) is 5.73 Å². The van der Waals surface area contributed by atoms with E-state index in [-0.39, 0.29) is 12.4 Å². The minimum atomic E-state index is -0.732. The third-order valence-corrected chi connectivity index (χ3v) is 5.70. The van der Waals surface area contributed by atoms with Gasteiger partial charge in [-0.2, -0.15) is 0 Å². The van der Waals surface area contributed by atoms with E-state index in [2.05, 4.69) is 17.4 Å². The van der Waals surface area contributed by atoms with E-state index in [0.29, 0.717) is 56.2 Å². The number of ether oxygens (including phenoxy) is 2. The van der Waals surface area contributed by atoms with Crippen molar-refractivity contribution in [2.45, 2.75) is 32.3 Å². The third kappa shape index (κ3) is 8.75. The number of aliphatic hydroxyl groups is 2. The Balaban J connectivity index is 1.32. The fourth-order valence-corrected chi connectivity index (χ4v) is 3.72. The van der Waals surface area contributed by atoms with E-state index in [1.807, 2.05) is 18.2 Å². The van der Waals surface area contributed by atoms with Gasteiger partial charge < -0.3 is 35.8 Å². The first kappa shape index (κ1) is 27.3. The minimum Gasteiger partial charge on any atom is -0.508 e. The summed E-state index contributed by atoms with van der Waals surface area (Å²) in [6, 6.07) is 20.0. The molecular formula is C28H34N2O6. The van der Waals surface area contributed by atoms with Crippen molar-refractivity contribution >= 4 is 5.91 Å². The van der Waals surface area contributed by atoms with Gasteiger partial charge in [0.25, 0.3) is 0 Å². The number of rotatable bonds is 15. The van der Waals surface area contributed by atoms with Crippen LogP contribution >= 0.6 is 0 Å². The molecule has 0 bridgehead atoms. The number of carbonyl (C=O) groups excluding carboxylic acids is 1. The fourth-order valence-electron chi connectivity index (χ4n) is 3.72. The minimum absolute atomic E-state index is 0.0187. The first-order valence-electron chi connectivity index (χ1n) is 11.9. The van der Waals surface area contributed by atoms with E-state index >= 15 is 0 Å². The molecule has 0 aliphatic heterocycles. The summed E-state index contributed by atoms with van der Waals surface area (Å²) in [6.45, 7) is 2.54. The van der Waals surface area contributed by atoms with Gasteiger partial charge in [0.05, 0.1) is 39.1 Å². The van der Waals surface area contributed by atoms with Crippen LogP contribution in [0.3, 0.4) is 0 Å². The van der Waals surface area contributed by atoms with Crippen LogP contribution in [0.4, 0.5) is 0 Å². The van der Waals surface area contributed by atoms with Gasteiger partial charge in [0.2, 0.25) is 5.91 Å². The first-order chi connectivity index (χ1) is 17.5. The Kier molecular flexibility index (Phi) is 10.9. The number of benzene rings is 3. The van der Waals surface area contributed by atoms with Crippen LogP contribution in [0.2, 0.25) is 0 Å². The Hall–Kier alpha value is -3.27. The Labute approximate surface area is 211 Å². The Morgan fingerprint density at radius 1 is 0.917 bits per heavy atom. The molecular weight excluding hydrogens is 460 g/mol. The second kappa shape index (κ2) is 14.3. The zero-order valence-corrected chi connectivity index (χ0v) is 20.2. The van der Waals surface area contributed by atoms with Crippen LogP contribution in [0.1, 0.15) is 44.3 Å². The smallest absolute Gasteiger partial charge is 0.248 e. The Bertz CT molecular complexity index is 1120. The molecule has 192 valence electrons. The summed E-state index contributed by atoms with van der Waals surface area (Å²) >= 11 is 0. The lowest BCUT2D eigenvalue weighted by atomic mass is 10.0. The number of phenols is 1. The van der Waals surface area contributed by atoms with Crippen LogP contribution in [0, 0.1) is 0 Å². The molecule has 0 saturated heterocycles. The van der Waals surface area contributed by atoms with E-state index in [4.69, 9.17) is 15.2 Å². The van der Waals surface area contributed by atoms with Gasteiger partial charge in [0.15, 0.2) is 0 Å². The number of carbonyl (C=O) groups is 1. The van der Waals surface area contributed by atoms with E-state index in [1.165, 1.54) is 6.07 Å². The Morgan fingerprint density at radius 2 is 1.58 bits per heavy atom. The van der Waals surface area contributed by atoms with Crippen LogP contribution in [0.15, 0.2) is 66.7 Å². The predicted octanol–water partition coefficient (Wildman–Crippen LogP) is 2.58. The van der Waals surface area contributed by atoms with Gasteiger partial charge >= 0.3 is 0 Å². The predicted molar refractivity (Wildman–Crippen MR) is 136 cm³/mol. The van der Waals surface area contributed by atoms with Crippen molar-refractivity contribution in [2.75, 3.05) is 26.3 Å². The highest BCUT2D eigenvalue weighted by atomic mass is 16.5. The van der Waals surface area contributed by atoms with Crippen LogP contribution in [0.5, 0.6) is 5.75 Å². The van der Waals surface area contributed by atoms with Crippen molar-refractivity contribution in [3.8, 4) is 5.75 Å². The lowest BCUT2D eigenvalue weighted by molar-refractivity contribution is 0.0338. The number of hydrogen-bond donors (Lipinski definition) is 5. The number of nitrogens with two attached hydrogens (primary N) is 1. The zero-order chi connectivity index (χ0) is 25.8. The average Bonchev–Trinajstić information content (AvgIpc) is 2.89. The number of aliphatic hydroxyl groups excluding tert-OH is 2. The molecule has 0 aliphatic carbocycles. The second-order valence-electron chi connectivity index (χ2n) is 8.51. The Morgan fingerprint density at radius 3 is 2.28 bits per heavy atom. The lowest BCUT2D eigenvalue weighted by Gasteiger charge is -2.14. The number of nitrogens with one attached hydrogen (secondary N) is 1. The molecule has 0 fully saturated rings. The molecule has 3 rings (SSSR count). The summed E-state index contributed by atoms with van der Waals surface area (Å²) < 4.78 is 11.3. The third-order valence-electron chi connectivity index (χ3n) is 5.70. The van der Waals surface area contributed by atoms with Crippen LogP contribution in [-0.4, -0.2) is 47.5 Å². The summed E-state index contributed by atoms with van der Waals surface area (Å²) in [5.41, 5.74) is 9.92. The molecule has 6 N–H and O–H groups in total. The monoisotopic (exact) mass is 494 g/mol. The zero-order valence-electron chi connectivity index (χ0n) is 20.2. The van der Waals surface area contributed by atoms with Crippen LogP contribution in [0.25, 0.3) is 0 Å². The molecule has 1 atom stereocenters. The largest absolute Gasteiger partial charge is 0.508 e.